The maximum Gasteiger partial charge on any atom is 0.258 e. The summed E-state index contributed by atoms with van der Waals surface area (Å²) in [4.78, 5) is 4.45. The van der Waals surface area contributed by atoms with Gasteiger partial charge in [-0.15, -0.1) is 0 Å². The molecule has 1 aromatic heterocycles. The highest BCUT2D eigenvalue weighted by molar-refractivity contribution is 5.55. The first kappa shape index (κ1) is 12.2. The molecule has 2 heterocycles. The molecule has 0 unspecified atom stereocenters. The summed E-state index contributed by atoms with van der Waals surface area (Å²) in [5.41, 5.74) is 0.878. The van der Waals surface area contributed by atoms with E-state index >= 15 is 0 Å². The Labute approximate surface area is 111 Å². The van der Waals surface area contributed by atoms with E-state index in [1.807, 2.05) is 31.2 Å². The van der Waals surface area contributed by atoms with Gasteiger partial charge in [0.15, 0.2) is 5.82 Å². The Morgan fingerprint density at radius 3 is 3.16 bits per heavy atom. The molecule has 1 aromatic carbocycles. The summed E-state index contributed by atoms with van der Waals surface area (Å²) >= 11 is 0. The van der Waals surface area contributed by atoms with Gasteiger partial charge in [0.25, 0.3) is 5.89 Å². The molecule has 0 aliphatic carbocycles. The SMILES string of the molecule is CCOc1cccc(-c2nc([C@@H]3CCOC3)no2)c1. The van der Waals surface area contributed by atoms with Crippen LogP contribution in [0.1, 0.15) is 25.1 Å². The van der Waals surface area contributed by atoms with Crippen molar-refractivity contribution in [3.63, 3.8) is 0 Å². The minimum atomic E-state index is 0.257. The first-order valence-corrected chi connectivity index (χ1v) is 6.51. The fourth-order valence-corrected chi connectivity index (χ4v) is 2.14. The van der Waals surface area contributed by atoms with Crippen LogP contribution in [0.5, 0.6) is 5.75 Å². The highest BCUT2D eigenvalue weighted by Crippen LogP contribution is 2.27. The van der Waals surface area contributed by atoms with Crippen LogP contribution in [0.25, 0.3) is 11.5 Å². The topological polar surface area (TPSA) is 57.4 Å². The maximum atomic E-state index is 5.46. The summed E-state index contributed by atoms with van der Waals surface area (Å²) in [5.74, 6) is 2.33. The van der Waals surface area contributed by atoms with Crippen LogP contribution >= 0.6 is 0 Å². The van der Waals surface area contributed by atoms with E-state index in [0.717, 1.165) is 30.2 Å². The maximum absolute atomic E-state index is 5.46. The highest BCUT2D eigenvalue weighted by Gasteiger charge is 2.23. The van der Waals surface area contributed by atoms with E-state index in [-0.39, 0.29) is 5.92 Å². The van der Waals surface area contributed by atoms with Crippen LogP contribution in [0.2, 0.25) is 0 Å². The number of hydrogen-bond acceptors (Lipinski definition) is 5. The quantitative estimate of drug-likeness (QED) is 0.845. The molecule has 3 rings (SSSR count). The molecular weight excluding hydrogens is 244 g/mol. The van der Waals surface area contributed by atoms with Crippen LogP contribution in [0, 0.1) is 0 Å². The highest BCUT2D eigenvalue weighted by atomic mass is 16.5. The number of benzene rings is 1. The summed E-state index contributed by atoms with van der Waals surface area (Å²) in [5, 5.41) is 4.04. The second-order valence-electron chi connectivity index (χ2n) is 4.48. The predicted octanol–water partition coefficient (Wildman–Crippen LogP) is 2.64. The molecule has 0 bridgehead atoms. The van der Waals surface area contributed by atoms with Gasteiger partial charge in [0.2, 0.25) is 0 Å². The molecule has 0 amide bonds. The molecule has 1 saturated heterocycles. The fraction of sp³-hybridized carbons (Fsp3) is 0.429. The number of aromatic nitrogens is 2. The van der Waals surface area contributed by atoms with Gasteiger partial charge in [-0.05, 0) is 31.5 Å². The van der Waals surface area contributed by atoms with Crippen molar-refractivity contribution in [1.82, 2.24) is 10.1 Å². The van der Waals surface area contributed by atoms with Gasteiger partial charge in [0.1, 0.15) is 5.75 Å². The number of nitrogens with zero attached hydrogens (tertiary/aromatic N) is 2. The van der Waals surface area contributed by atoms with Gasteiger partial charge < -0.3 is 14.0 Å². The molecule has 1 aliphatic rings. The van der Waals surface area contributed by atoms with Crippen molar-refractivity contribution in [2.45, 2.75) is 19.3 Å². The molecule has 100 valence electrons. The predicted molar refractivity (Wildman–Crippen MR) is 69.1 cm³/mol. The lowest BCUT2D eigenvalue weighted by Gasteiger charge is -2.03. The van der Waals surface area contributed by atoms with E-state index in [1.54, 1.807) is 0 Å². The van der Waals surface area contributed by atoms with Crippen molar-refractivity contribution in [1.29, 1.82) is 0 Å². The van der Waals surface area contributed by atoms with Gasteiger partial charge in [-0.25, -0.2) is 0 Å². The largest absolute Gasteiger partial charge is 0.494 e. The summed E-state index contributed by atoms with van der Waals surface area (Å²) in [6.45, 7) is 4.04. The molecule has 1 aliphatic heterocycles. The zero-order chi connectivity index (χ0) is 13.1. The van der Waals surface area contributed by atoms with E-state index in [4.69, 9.17) is 14.0 Å². The first-order chi connectivity index (χ1) is 9.36. The second kappa shape index (κ2) is 5.40. The lowest BCUT2D eigenvalue weighted by atomic mass is 10.1. The zero-order valence-corrected chi connectivity index (χ0v) is 10.8. The second-order valence-corrected chi connectivity index (χ2v) is 4.48. The van der Waals surface area contributed by atoms with Gasteiger partial charge in [0, 0.05) is 18.1 Å². The Bertz CT molecular complexity index is 547. The molecule has 5 nitrogen and oxygen atoms in total. The number of hydrogen-bond donors (Lipinski definition) is 0. The molecule has 0 N–H and O–H groups in total. The third kappa shape index (κ3) is 2.61. The average molecular weight is 260 g/mol. The summed E-state index contributed by atoms with van der Waals surface area (Å²) < 4.78 is 16.1. The third-order valence-electron chi connectivity index (χ3n) is 3.13. The van der Waals surface area contributed by atoms with Crippen LogP contribution < -0.4 is 4.74 Å². The standard InChI is InChI=1S/C14H16N2O3/c1-2-18-12-5-3-4-10(8-12)14-15-13(16-19-14)11-6-7-17-9-11/h3-5,8,11H,2,6-7,9H2,1H3/t11-/m1/s1. The van der Waals surface area contributed by atoms with Crippen LogP contribution in [-0.2, 0) is 4.74 Å². The Morgan fingerprint density at radius 2 is 2.37 bits per heavy atom. The van der Waals surface area contributed by atoms with Gasteiger partial charge in [-0.2, -0.15) is 4.98 Å². The molecule has 0 saturated carbocycles. The zero-order valence-electron chi connectivity index (χ0n) is 10.8. The van der Waals surface area contributed by atoms with Crippen molar-refractivity contribution in [3.05, 3.63) is 30.1 Å². The minimum Gasteiger partial charge on any atom is -0.494 e. The Hall–Kier alpha value is -1.88. The van der Waals surface area contributed by atoms with Crippen molar-refractivity contribution < 1.29 is 14.0 Å². The Morgan fingerprint density at radius 1 is 1.42 bits per heavy atom. The van der Waals surface area contributed by atoms with E-state index in [0.29, 0.717) is 19.1 Å². The van der Waals surface area contributed by atoms with Crippen molar-refractivity contribution in [2.24, 2.45) is 0 Å². The lowest BCUT2D eigenvalue weighted by Crippen LogP contribution is -1.99. The van der Waals surface area contributed by atoms with Gasteiger partial charge >= 0.3 is 0 Å². The summed E-state index contributed by atoms with van der Waals surface area (Å²) in [7, 11) is 0. The van der Waals surface area contributed by atoms with Gasteiger partial charge in [-0.3, -0.25) is 0 Å². The monoisotopic (exact) mass is 260 g/mol. The fourth-order valence-electron chi connectivity index (χ4n) is 2.14. The van der Waals surface area contributed by atoms with Crippen molar-refractivity contribution in [2.75, 3.05) is 19.8 Å². The third-order valence-corrected chi connectivity index (χ3v) is 3.13. The minimum absolute atomic E-state index is 0.257. The summed E-state index contributed by atoms with van der Waals surface area (Å²) in [6, 6.07) is 7.68. The molecule has 19 heavy (non-hydrogen) atoms. The molecule has 0 spiro atoms. The van der Waals surface area contributed by atoms with Crippen LogP contribution in [0.15, 0.2) is 28.8 Å². The Balaban J connectivity index is 1.83. The average Bonchev–Trinajstić information content (AvgIpc) is 3.11. The van der Waals surface area contributed by atoms with Crippen LogP contribution in [-0.4, -0.2) is 30.0 Å². The molecule has 1 atom stereocenters. The van der Waals surface area contributed by atoms with Crippen LogP contribution in [0.3, 0.4) is 0 Å². The van der Waals surface area contributed by atoms with Gasteiger partial charge in [-0.1, -0.05) is 11.2 Å². The first-order valence-electron chi connectivity index (χ1n) is 6.51. The van der Waals surface area contributed by atoms with Crippen molar-refractivity contribution >= 4 is 0 Å². The number of ether oxygens (including phenoxy) is 2. The molecule has 2 aromatic rings. The molecule has 0 radical (unpaired) electrons. The van der Waals surface area contributed by atoms with Crippen molar-refractivity contribution in [3.8, 4) is 17.2 Å². The molecule has 1 fully saturated rings. The van der Waals surface area contributed by atoms with Crippen LogP contribution in [0.4, 0.5) is 0 Å². The van der Waals surface area contributed by atoms with E-state index in [2.05, 4.69) is 10.1 Å². The summed E-state index contributed by atoms with van der Waals surface area (Å²) in [6.07, 6.45) is 0.956. The number of rotatable bonds is 4. The molecule has 5 heteroatoms. The van der Waals surface area contributed by atoms with E-state index in [1.165, 1.54) is 0 Å². The van der Waals surface area contributed by atoms with E-state index < -0.39 is 0 Å². The molecular formula is C14H16N2O3. The van der Waals surface area contributed by atoms with E-state index in [9.17, 15) is 0 Å². The normalized spacial score (nSPS) is 18.7. The van der Waals surface area contributed by atoms with Gasteiger partial charge in [0.05, 0.1) is 13.2 Å². The smallest absolute Gasteiger partial charge is 0.258 e. The lowest BCUT2D eigenvalue weighted by molar-refractivity contribution is 0.192. The Kier molecular flexibility index (Phi) is 3.46.